The van der Waals surface area contributed by atoms with Gasteiger partial charge in [0.1, 0.15) is 18.0 Å². The van der Waals surface area contributed by atoms with E-state index in [4.69, 9.17) is 0 Å². The number of hydrogen-bond donors (Lipinski definition) is 1. The van der Waals surface area contributed by atoms with Crippen LogP contribution >= 0.6 is 7.82 Å². The number of Topliss-reactive ketones (excluding diaryl/α,β-unsaturated/α-hetero) is 2. The summed E-state index contributed by atoms with van der Waals surface area (Å²) in [5.41, 5.74) is -2.68. The van der Waals surface area contributed by atoms with Crippen molar-refractivity contribution in [1.82, 2.24) is 0 Å². The van der Waals surface area contributed by atoms with Gasteiger partial charge in [0.15, 0.2) is 11.6 Å². The zero-order chi connectivity index (χ0) is 23.0. The Hall–Kier alpha value is 0.560. The zero-order valence-corrected chi connectivity index (χ0v) is 24.7. The summed E-state index contributed by atoms with van der Waals surface area (Å²) in [6.07, 6.45) is 6.74. The summed E-state index contributed by atoms with van der Waals surface area (Å²) in [6.45, 7) is 4.37. The average molecular weight is 496 g/mol. The van der Waals surface area contributed by atoms with E-state index >= 15 is 0 Å². The van der Waals surface area contributed by atoms with Crippen LogP contribution in [0.5, 0.6) is 0 Å². The van der Waals surface area contributed by atoms with E-state index in [0.29, 0.717) is 19.3 Å². The van der Waals surface area contributed by atoms with Gasteiger partial charge in [-0.25, -0.2) is 0 Å². The Kier molecular flexibility index (Phi) is 8.84. The molecule has 11 heteroatoms. The second-order valence-electron chi connectivity index (χ2n) is 10.1. The molecule has 1 N–H and O–H groups in total. The minimum absolute atomic E-state index is 0. The normalized spacial score (nSPS) is 41.7. The fourth-order valence-corrected chi connectivity index (χ4v) is 7.48. The minimum atomic E-state index is -5.37. The van der Waals surface area contributed by atoms with Crippen molar-refractivity contribution in [2.24, 2.45) is 34.5 Å². The molecule has 0 heterocycles. The number of allylic oxidation sites excluding steroid dienone is 4. The first kappa shape index (κ1) is 29.8. The van der Waals surface area contributed by atoms with Gasteiger partial charge < -0.3 is 24.0 Å². The number of carbonyl (C=O) groups excluding carboxylic acids is 3. The Labute approximate surface area is 237 Å². The van der Waals surface area contributed by atoms with E-state index in [2.05, 4.69) is 4.52 Å². The van der Waals surface area contributed by atoms with Gasteiger partial charge in [-0.15, -0.1) is 0 Å². The second kappa shape index (κ2) is 9.79. The quantitative estimate of drug-likeness (QED) is 0.301. The number of phosphoric acid groups is 1. The van der Waals surface area contributed by atoms with E-state index in [1.54, 1.807) is 19.9 Å². The smallest absolute Gasteiger partial charge is 0.790 e. The van der Waals surface area contributed by atoms with Crippen molar-refractivity contribution in [3.05, 3.63) is 23.8 Å². The number of fused-ring (bicyclic) bond motifs is 5. The van der Waals surface area contributed by atoms with Crippen LogP contribution in [0.4, 0.5) is 0 Å². The van der Waals surface area contributed by atoms with E-state index in [1.807, 2.05) is 13.0 Å². The van der Waals surface area contributed by atoms with E-state index < -0.39 is 42.6 Å². The molecule has 0 spiro atoms. The van der Waals surface area contributed by atoms with Gasteiger partial charge in [0.25, 0.3) is 0 Å². The molecule has 0 aliphatic heterocycles. The van der Waals surface area contributed by atoms with Crippen LogP contribution in [0.1, 0.15) is 46.5 Å². The molecule has 0 aromatic rings. The van der Waals surface area contributed by atoms with Crippen molar-refractivity contribution in [3.8, 4) is 0 Å². The Bertz CT molecular complexity index is 973. The average Bonchev–Trinajstić information content (AvgIpc) is 2.87. The predicted octanol–water partition coefficient (Wildman–Crippen LogP) is -5.13. The Balaban J connectivity index is 0.00000193. The number of rotatable bonds is 4. The van der Waals surface area contributed by atoms with Crippen molar-refractivity contribution in [2.45, 2.75) is 52.1 Å². The maximum Gasteiger partial charge on any atom is 1.00 e. The van der Waals surface area contributed by atoms with Crippen molar-refractivity contribution in [1.29, 1.82) is 0 Å². The molecule has 170 valence electrons. The zero-order valence-electron chi connectivity index (χ0n) is 19.8. The largest absolute Gasteiger partial charge is 1.00 e. The molecule has 8 nitrogen and oxygen atoms in total. The van der Waals surface area contributed by atoms with Gasteiger partial charge in [-0.2, -0.15) is 0 Å². The van der Waals surface area contributed by atoms with Crippen molar-refractivity contribution >= 4 is 25.2 Å². The molecule has 33 heavy (non-hydrogen) atoms. The summed E-state index contributed by atoms with van der Waals surface area (Å²) in [5.74, 6) is -2.14. The summed E-state index contributed by atoms with van der Waals surface area (Å²) in [4.78, 5) is 60.0. The molecule has 6 unspecified atom stereocenters. The van der Waals surface area contributed by atoms with Gasteiger partial charge >= 0.3 is 59.1 Å². The molecule has 0 aromatic heterocycles. The molecule has 0 saturated heterocycles. The molecule has 4 rings (SSSR count). The number of phosphoric ester groups is 1. The van der Waals surface area contributed by atoms with Gasteiger partial charge in [-0.05, 0) is 49.2 Å². The molecular formula is C22H27Na2O8P. The van der Waals surface area contributed by atoms with Crippen LogP contribution in [0.25, 0.3) is 0 Å². The van der Waals surface area contributed by atoms with Crippen LogP contribution < -0.4 is 68.9 Å². The molecule has 3 saturated carbocycles. The van der Waals surface area contributed by atoms with Crippen LogP contribution in [0.2, 0.25) is 0 Å². The summed E-state index contributed by atoms with van der Waals surface area (Å²) in [7, 11) is -5.37. The third-order valence-electron chi connectivity index (χ3n) is 8.62. The number of ketones is 3. The second-order valence-corrected chi connectivity index (χ2v) is 11.2. The molecule has 0 bridgehead atoms. The van der Waals surface area contributed by atoms with Crippen molar-refractivity contribution in [3.63, 3.8) is 0 Å². The van der Waals surface area contributed by atoms with E-state index in [0.717, 1.165) is 5.57 Å². The third kappa shape index (κ3) is 4.57. The third-order valence-corrected chi connectivity index (χ3v) is 9.06. The summed E-state index contributed by atoms with van der Waals surface area (Å²) < 4.78 is 15.0. The molecule has 7 atom stereocenters. The number of hydrogen-bond acceptors (Lipinski definition) is 8. The SMILES string of the molecule is CC1CC2C3CCC4=CC(=O)C=CC4(C)C3C(=O)CC2(C)[C@@]1(O)C(=O)COP(=O)([O-])[O-].[Na+].[Na+]. The first-order valence-electron chi connectivity index (χ1n) is 10.6. The van der Waals surface area contributed by atoms with Crippen LogP contribution in [-0.2, 0) is 23.5 Å². The van der Waals surface area contributed by atoms with Crippen molar-refractivity contribution in [2.75, 3.05) is 6.61 Å². The predicted molar refractivity (Wildman–Crippen MR) is 105 cm³/mol. The molecular weight excluding hydrogens is 469 g/mol. The van der Waals surface area contributed by atoms with E-state index in [9.17, 15) is 33.8 Å². The summed E-state index contributed by atoms with van der Waals surface area (Å²) in [6, 6.07) is 0. The molecule has 4 aliphatic carbocycles. The molecule has 4 aliphatic rings. The molecule has 0 amide bonds. The topological polar surface area (TPSA) is 144 Å². The van der Waals surface area contributed by atoms with Crippen LogP contribution in [0.3, 0.4) is 0 Å². The minimum Gasteiger partial charge on any atom is -0.790 e. The summed E-state index contributed by atoms with van der Waals surface area (Å²) >= 11 is 0. The number of carbonyl (C=O) groups is 3. The Morgan fingerprint density at radius 2 is 1.91 bits per heavy atom. The van der Waals surface area contributed by atoms with Gasteiger partial charge in [-0.1, -0.05) is 32.4 Å². The maximum atomic E-state index is 13.5. The van der Waals surface area contributed by atoms with Gasteiger partial charge in [0.2, 0.25) is 0 Å². The number of aliphatic hydroxyl groups is 1. The standard InChI is InChI=1S/C22H29O8P.2Na/c1-12-8-16-15-5-4-13-9-14(23)6-7-20(13,2)19(15)17(24)10-21(16,3)22(12,26)18(25)11-30-31(27,28)29;;/h6-7,9,12,15-16,19,26H,4-5,8,10-11H2,1-3H3,(H2,27,28,29);;/q;2*+1/p-2/t12?,15?,16?,19?,20?,21?,22-;;/m0../s1. The van der Waals surface area contributed by atoms with Gasteiger partial charge in [0.05, 0.1) is 7.82 Å². The maximum absolute atomic E-state index is 13.5. The van der Waals surface area contributed by atoms with E-state index in [1.165, 1.54) is 6.08 Å². The first-order valence-corrected chi connectivity index (χ1v) is 12.1. The van der Waals surface area contributed by atoms with Crippen LogP contribution in [0, 0.1) is 34.5 Å². The Morgan fingerprint density at radius 3 is 2.52 bits per heavy atom. The van der Waals surface area contributed by atoms with Gasteiger partial charge in [0, 0.05) is 23.2 Å². The molecule has 3 fully saturated rings. The first-order chi connectivity index (χ1) is 14.2. The summed E-state index contributed by atoms with van der Waals surface area (Å²) in [5, 5.41) is 11.6. The monoisotopic (exact) mass is 496 g/mol. The van der Waals surface area contributed by atoms with Crippen LogP contribution in [-0.4, -0.2) is 34.7 Å². The molecule has 0 radical (unpaired) electrons. The van der Waals surface area contributed by atoms with E-state index in [-0.39, 0.29) is 94.9 Å². The fourth-order valence-electron chi connectivity index (χ4n) is 7.21. The molecule has 0 aromatic carbocycles. The van der Waals surface area contributed by atoms with Gasteiger partial charge in [-0.3, -0.25) is 14.4 Å². The fraction of sp³-hybridized carbons (Fsp3) is 0.682. The van der Waals surface area contributed by atoms with Crippen LogP contribution in [0.15, 0.2) is 23.8 Å². The Morgan fingerprint density at radius 1 is 1.27 bits per heavy atom. The van der Waals surface area contributed by atoms with Crippen molar-refractivity contribution < 1.29 is 97.5 Å².